The predicted octanol–water partition coefficient (Wildman–Crippen LogP) is 2.16. The highest BCUT2D eigenvalue weighted by molar-refractivity contribution is 7.92. The second kappa shape index (κ2) is 8.60. The molecule has 0 heterocycles. The molecule has 2 rings (SSSR count). The van der Waals surface area contributed by atoms with E-state index >= 15 is 0 Å². The van der Waals surface area contributed by atoms with Gasteiger partial charge in [0.25, 0.3) is 11.6 Å². The number of hydrazone groups is 1. The summed E-state index contributed by atoms with van der Waals surface area (Å²) in [5, 5.41) is 14.7. The third kappa shape index (κ3) is 6.04. The number of nitro benzene ring substituents is 1. The summed E-state index contributed by atoms with van der Waals surface area (Å²) in [6.07, 6.45) is 2.18. The molecule has 2 aromatic rings. The van der Waals surface area contributed by atoms with Crippen molar-refractivity contribution in [2.24, 2.45) is 5.10 Å². The Hall–Kier alpha value is -2.98. The average Bonchev–Trinajstić information content (AvgIpc) is 2.59. The second-order valence-electron chi connectivity index (χ2n) is 5.39. The summed E-state index contributed by atoms with van der Waals surface area (Å²) in [5.41, 5.74) is 2.71. The lowest BCUT2D eigenvalue weighted by atomic mass is 10.2. The van der Waals surface area contributed by atoms with Crippen molar-refractivity contribution in [3.8, 4) is 0 Å². The normalized spacial score (nSPS) is 11.3. The van der Waals surface area contributed by atoms with E-state index in [1.807, 2.05) is 0 Å². The number of rotatable bonds is 7. The number of nitrogens with one attached hydrogen (secondary N) is 1. The molecular weight excluding hydrogens is 396 g/mol. The molecule has 27 heavy (non-hydrogen) atoms. The van der Waals surface area contributed by atoms with Crippen LogP contribution in [0, 0.1) is 10.1 Å². The number of sulfonamides is 1. The minimum atomic E-state index is -3.74. The van der Waals surface area contributed by atoms with Crippen LogP contribution in [0.2, 0.25) is 5.02 Å². The first-order valence-corrected chi connectivity index (χ1v) is 9.69. The number of hydrogen-bond acceptors (Lipinski definition) is 6. The highest BCUT2D eigenvalue weighted by Gasteiger charge is 2.20. The molecule has 11 heteroatoms. The van der Waals surface area contributed by atoms with Gasteiger partial charge in [0.05, 0.1) is 23.1 Å². The smallest absolute Gasteiger partial charge is 0.270 e. The van der Waals surface area contributed by atoms with Gasteiger partial charge in [0.1, 0.15) is 6.54 Å². The minimum Gasteiger partial charge on any atom is -0.271 e. The zero-order valence-electron chi connectivity index (χ0n) is 14.1. The topological polar surface area (TPSA) is 122 Å². The molecule has 0 aliphatic heterocycles. The number of benzene rings is 2. The summed E-state index contributed by atoms with van der Waals surface area (Å²) >= 11 is 5.87. The fourth-order valence-electron chi connectivity index (χ4n) is 2.09. The zero-order chi connectivity index (χ0) is 20.0. The maximum atomic E-state index is 12.1. The zero-order valence-corrected chi connectivity index (χ0v) is 15.6. The number of halogens is 1. The Morgan fingerprint density at radius 3 is 2.63 bits per heavy atom. The van der Waals surface area contributed by atoms with Crippen molar-refractivity contribution >= 4 is 45.1 Å². The fourth-order valence-corrected chi connectivity index (χ4v) is 3.13. The molecule has 2 aromatic carbocycles. The molecule has 142 valence electrons. The first kappa shape index (κ1) is 20.3. The number of hydrogen-bond donors (Lipinski definition) is 1. The van der Waals surface area contributed by atoms with Gasteiger partial charge in [-0.15, -0.1) is 0 Å². The van der Waals surface area contributed by atoms with Gasteiger partial charge in [0.2, 0.25) is 10.0 Å². The van der Waals surface area contributed by atoms with E-state index in [1.165, 1.54) is 36.5 Å². The van der Waals surface area contributed by atoms with Gasteiger partial charge in [-0.3, -0.25) is 19.2 Å². The third-order valence-corrected chi connectivity index (χ3v) is 4.64. The van der Waals surface area contributed by atoms with Crippen LogP contribution >= 0.6 is 11.6 Å². The summed E-state index contributed by atoms with van der Waals surface area (Å²) in [4.78, 5) is 22.2. The van der Waals surface area contributed by atoms with Gasteiger partial charge in [0, 0.05) is 22.7 Å². The van der Waals surface area contributed by atoms with Crippen molar-refractivity contribution in [1.29, 1.82) is 0 Å². The molecule has 0 bridgehead atoms. The van der Waals surface area contributed by atoms with Crippen molar-refractivity contribution in [3.63, 3.8) is 0 Å². The molecule has 0 atom stereocenters. The highest BCUT2D eigenvalue weighted by Crippen LogP contribution is 2.21. The van der Waals surface area contributed by atoms with E-state index in [4.69, 9.17) is 11.6 Å². The Morgan fingerprint density at radius 2 is 2.00 bits per heavy atom. The quantitative estimate of drug-likeness (QED) is 0.425. The van der Waals surface area contributed by atoms with Crippen molar-refractivity contribution in [2.45, 2.75) is 0 Å². The first-order valence-electron chi connectivity index (χ1n) is 7.46. The van der Waals surface area contributed by atoms with Gasteiger partial charge in [-0.25, -0.2) is 13.8 Å². The molecule has 0 saturated heterocycles. The SMILES string of the molecule is CS(=O)(=O)N(CC(=O)N/N=C\c1cccc([N+](=O)[O-])c1)c1cccc(Cl)c1. The van der Waals surface area contributed by atoms with E-state index in [1.54, 1.807) is 18.2 Å². The van der Waals surface area contributed by atoms with Crippen LogP contribution < -0.4 is 9.73 Å². The van der Waals surface area contributed by atoms with Crippen LogP contribution in [-0.2, 0) is 14.8 Å². The fraction of sp³-hybridized carbons (Fsp3) is 0.125. The highest BCUT2D eigenvalue weighted by atomic mass is 35.5. The maximum absolute atomic E-state index is 12.1. The summed E-state index contributed by atoms with van der Waals surface area (Å²) in [6.45, 7) is -0.508. The molecule has 9 nitrogen and oxygen atoms in total. The van der Waals surface area contributed by atoms with E-state index < -0.39 is 27.4 Å². The average molecular weight is 411 g/mol. The number of amides is 1. The molecule has 0 unspecified atom stereocenters. The number of nitrogens with zero attached hydrogens (tertiary/aromatic N) is 3. The van der Waals surface area contributed by atoms with E-state index in [0.29, 0.717) is 10.6 Å². The second-order valence-corrected chi connectivity index (χ2v) is 7.74. The number of carbonyl (C=O) groups is 1. The molecule has 0 fully saturated rings. The van der Waals surface area contributed by atoms with E-state index in [-0.39, 0.29) is 11.4 Å². The van der Waals surface area contributed by atoms with E-state index in [9.17, 15) is 23.3 Å². The van der Waals surface area contributed by atoms with E-state index in [2.05, 4.69) is 10.5 Å². The first-order chi connectivity index (χ1) is 12.7. The number of anilines is 1. The minimum absolute atomic E-state index is 0.116. The Kier molecular flexibility index (Phi) is 6.48. The molecule has 0 aliphatic carbocycles. The van der Waals surface area contributed by atoms with Gasteiger partial charge in [-0.2, -0.15) is 5.10 Å². The third-order valence-electron chi connectivity index (χ3n) is 3.27. The van der Waals surface area contributed by atoms with Crippen LogP contribution in [0.3, 0.4) is 0 Å². The van der Waals surface area contributed by atoms with Crippen LogP contribution in [-0.4, -0.2) is 38.3 Å². The largest absolute Gasteiger partial charge is 0.271 e. The van der Waals surface area contributed by atoms with Gasteiger partial charge >= 0.3 is 0 Å². The van der Waals surface area contributed by atoms with Crippen LogP contribution in [0.15, 0.2) is 53.6 Å². The standard InChI is InChI=1S/C16H15ClN4O5S/c1-27(25,26)20(14-6-3-5-13(17)9-14)11-16(22)19-18-10-12-4-2-7-15(8-12)21(23)24/h2-10H,11H2,1H3,(H,19,22)/b18-10-. The van der Waals surface area contributed by atoms with Gasteiger partial charge in [0.15, 0.2) is 0 Å². The lowest BCUT2D eigenvalue weighted by molar-refractivity contribution is -0.384. The van der Waals surface area contributed by atoms with Crippen molar-refractivity contribution < 1.29 is 18.1 Å². The van der Waals surface area contributed by atoms with Crippen LogP contribution in [0.1, 0.15) is 5.56 Å². The maximum Gasteiger partial charge on any atom is 0.270 e. The summed E-state index contributed by atoms with van der Waals surface area (Å²) < 4.78 is 24.8. The molecule has 0 radical (unpaired) electrons. The van der Waals surface area contributed by atoms with E-state index in [0.717, 1.165) is 10.6 Å². The number of nitro groups is 1. The Morgan fingerprint density at radius 1 is 1.30 bits per heavy atom. The summed E-state index contributed by atoms with van der Waals surface area (Å²) in [7, 11) is -3.74. The Labute approximate surface area is 160 Å². The Balaban J connectivity index is 2.08. The van der Waals surface area contributed by atoms with Gasteiger partial charge in [-0.05, 0) is 18.2 Å². The molecule has 1 N–H and O–H groups in total. The summed E-state index contributed by atoms with van der Waals surface area (Å²) in [5.74, 6) is -0.693. The molecule has 0 saturated carbocycles. The van der Waals surface area contributed by atoms with Crippen LogP contribution in [0.4, 0.5) is 11.4 Å². The molecule has 1 amide bonds. The molecule has 0 spiro atoms. The van der Waals surface area contributed by atoms with Crippen LogP contribution in [0.5, 0.6) is 0 Å². The van der Waals surface area contributed by atoms with Crippen LogP contribution in [0.25, 0.3) is 0 Å². The molecule has 0 aromatic heterocycles. The number of carbonyl (C=O) groups excluding carboxylic acids is 1. The Bertz CT molecular complexity index is 994. The van der Waals surface area contributed by atoms with Crippen molar-refractivity contribution in [2.75, 3.05) is 17.1 Å². The van der Waals surface area contributed by atoms with Crippen molar-refractivity contribution in [1.82, 2.24) is 5.43 Å². The van der Waals surface area contributed by atoms with Gasteiger partial charge < -0.3 is 0 Å². The monoisotopic (exact) mass is 410 g/mol. The van der Waals surface area contributed by atoms with Gasteiger partial charge in [-0.1, -0.05) is 29.8 Å². The number of non-ortho nitro benzene ring substituents is 1. The molecular formula is C16H15ClN4O5S. The summed E-state index contributed by atoms with van der Waals surface area (Å²) in [6, 6.07) is 11.7. The lowest BCUT2D eigenvalue weighted by Gasteiger charge is -2.21. The predicted molar refractivity (Wildman–Crippen MR) is 102 cm³/mol. The molecule has 0 aliphatic rings. The lowest BCUT2D eigenvalue weighted by Crippen LogP contribution is -2.39. The van der Waals surface area contributed by atoms with Crippen molar-refractivity contribution in [3.05, 3.63) is 69.2 Å².